The molecular weight excluding hydrogens is 396 g/mol. The predicted molar refractivity (Wildman–Crippen MR) is 116 cm³/mol. The van der Waals surface area contributed by atoms with Crippen LogP contribution < -0.4 is 10.2 Å². The molecular formula is C22H22N6O3. The fourth-order valence-corrected chi connectivity index (χ4v) is 3.62. The molecule has 31 heavy (non-hydrogen) atoms. The highest BCUT2D eigenvalue weighted by molar-refractivity contribution is 5.97. The van der Waals surface area contributed by atoms with Crippen molar-refractivity contribution >= 4 is 22.8 Å². The first kappa shape index (κ1) is 19.3. The monoisotopic (exact) mass is 418 g/mol. The van der Waals surface area contributed by atoms with E-state index in [4.69, 9.17) is 14.1 Å². The lowest BCUT2D eigenvalue weighted by Gasteiger charge is -2.27. The zero-order valence-corrected chi connectivity index (χ0v) is 17.3. The zero-order chi connectivity index (χ0) is 21.4. The van der Waals surface area contributed by atoms with E-state index in [9.17, 15) is 4.79 Å². The number of nitrogens with zero attached hydrogens (tertiary/aromatic N) is 5. The Balaban J connectivity index is 1.61. The van der Waals surface area contributed by atoms with Crippen molar-refractivity contribution < 1.29 is 13.9 Å². The Kier molecular flexibility index (Phi) is 4.87. The van der Waals surface area contributed by atoms with Gasteiger partial charge in [-0.2, -0.15) is 10.1 Å². The van der Waals surface area contributed by atoms with Gasteiger partial charge in [0.15, 0.2) is 17.2 Å². The van der Waals surface area contributed by atoms with Crippen molar-refractivity contribution in [2.45, 2.75) is 6.92 Å². The van der Waals surface area contributed by atoms with Crippen LogP contribution in [0.4, 0.5) is 5.82 Å². The first-order valence-electron chi connectivity index (χ1n) is 10.1. The van der Waals surface area contributed by atoms with Crippen LogP contribution in [-0.4, -0.2) is 59.0 Å². The van der Waals surface area contributed by atoms with E-state index in [1.165, 1.54) is 5.56 Å². The number of amides is 1. The summed E-state index contributed by atoms with van der Waals surface area (Å²) in [4.78, 5) is 23.6. The van der Waals surface area contributed by atoms with Gasteiger partial charge in [-0.25, -0.2) is 9.67 Å². The largest absolute Gasteiger partial charge is 0.445 e. The molecule has 158 valence electrons. The van der Waals surface area contributed by atoms with Gasteiger partial charge in [0.1, 0.15) is 5.52 Å². The summed E-state index contributed by atoms with van der Waals surface area (Å²) in [5, 5.41) is 7.26. The number of aromatic nitrogens is 4. The Labute approximate surface area is 178 Å². The fourth-order valence-electron chi connectivity index (χ4n) is 3.62. The number of aryl methyl sites for hydroxylation is 1. The van der Waals surface area contributed by atoms with E-state index in [2.05, 4.69) is 39.4 Å². The maximum atomic E-state index is 12.1. The van der Waals surface area contributed by atoms with Gasteiger partial charge in [0.05, 0.1) is 18.9 Å². The number of carbonyl (C=O) groups excluding carboxylic acids is 1. The van der Waals surface area contributed by atoms with Crippen molar-refractivity contribution in [3.8, 4) is 17.2 Å². The van der Waals surface area contributed by atoms with Gasteiger partial charge in [0, 0.05) is 38.0 Å². The van der Waals surface area contributed by atoms with Gasteiger partial charge in [0.2, 0.25) is 0 Å². The average molecular weight is 418 g/mol. The van der Waals surface area contributed by atoms with Crippen LogP contribution in [0.15, 0.2) is 47.0 Å². The van der Waals surface area contributed by atoms with E-state index in [1.807, 2.05) is 24.4 Å². The van der Waals surface area contributed by atoms with E-state index < -0.39 is 0 Å². The molecule has 0 spiro atoms. The lowest BCUT2D eigenvalue weighted by Crippen LogP contribution is -2.37. The Morgan fingerprint density at radius 1 is 1.13 bits per heavy atom. The summed E-state index contributed by atoms with van der Waals surface area (Å²) < 4.78 is 13.0. The number of fused-ring (bicyclic) bond motifs is 1. The molecule has 1 saturated heterocycles. The van der Waals surface area contributed by atoms with Gasteiger partial charge in [-0.05, 0) is 19.1 Å². The lowest BCUT2D eigenvalue weighted by molar-refractivity contribution is 0.0937. The lowest BCUT2D eigenvalue weighted by atomic mass is 10.1. The molecule has 9 heteroatoms. The minimum absolute atomic E-state index is 0.194. The Bertz CT molecular complexity index is 1260. The summed E-state index contributed by atoms with van der Waals surface area (Å²) in [5.74, 6) is 0.927. The van der Waals surface area contributed by atoms with Gasteiger partial charge >= 0.3 is 0 Å². The van der Waals surface area contributed by atoms with Crippen LogP contribution in [0.3, 0.4) is 0 Å². The van der Waals surface area contributed by atoms with Crippen LogP contribution in [0, 0.1) is 6.92 Å². The molecule has 0 unspecified atom stereocenters. The average Bonchev–Trinajstić information content (AvgIpc) is 3.46. The third kappa shape index (κ3) is 3.64. The van der Waals surface area contributed by atoms with Crippen LogP contribution in [0.5, 0.6) is 0 Å². The predicted octanol–water partition coefficient (Wildman–Crippen LogP) is 2.58. The molecule has 0 aliphatic carbocycles. The Morgan fingerprint density at radius 2 is 1.97 bits per heavy atom. The minimum atomic E-state index is -0.312. The number of anilines is 1. The molecule has 1 aliphatic rings. The quantitative estimate of drug-likeness (QED) is 0.544. The van der Waals surface area contributed by atoms with Crippen molar-refractivity contribution in [3.63, 3.8) is 0 Å². The van der Waals surface area contributed by atoms with Crippen molar-refractivity contribution in [2.75, 3.05) is 38.3 Å². The number of benzene rings is 1. The second-order valence-corrected chi connectivity index (χ2v) is 7.37. The third-order valence-electron chi connectivity index (χ3n) is 5.21. The fraction of sp³-hybridized carbons (Fsp3) is 0.273. The molecule has 4 aromatic rings. The molecule has 5 rings (SSSR count). The standard InChI is InChI=1S/C22H22N6O3/c1-14-4-3-5-15(12-14)16-6-7-28(26-16)22-24-17-13-18(21(29)23-2)31-19(17)20(25-22)27-8-10-30-11-9-27/h3-7,12-13H,8-11H2,1-2H3,(H,23,29). The Morgan fingerprint density at radius 3 is 2.74 bits per heavy atom. The van der Waals surface area contributed by atoms with Gasteiger partial charge < -0.3 is 19.4 Å². The number of furan rings is 1. The van der Waals surface area contributed by atoms with Crippen LogP contribution in [0.25, 0.3) is 28.3 Å². The molecule has 0 bridgehead atoms. The number of carbonyl (C=O) groups is 1. The minimum Gasteiger partial charge on any atom is -0.445 e. The molecule has 1 fully saturated rings. The molecule has 1 aliphatic heterocycles. The highest BCUT2D eigenvalue weighted by Gasteiger charge is 2.23. The van der Waals surface area contributed by atoms with Gasteiger partial charge in [0.25, 0.3) is 11.9 Å². The van der Waals surface area contributed by atoms with Crippen molar-refractivity contribution in [1.29, 1.82) is 0 Å². The molecule has 0 saturated carbocycles. The van der Waals surface area contributed by atoms with Crippen LogP contribution in [-0.2, 0) is 4.74 Å². The van der Waals surface area contributed by atoms with E-state index in [1.54, 1.807) is 17.8 Å². The normalized spacial score (nSPS) is 14.2. The first-order valence-corrected chi connectivity index (χ1v) is 10.1. The number of rotatable bonds is 4. The molecule has 3 aromatic heterocycles. The smallest absolute Gasteiger partial charge is 0.286 e. The van der Waals surface area contributed by atoms with Gasteiger partial charge in [-0.15, -0.1) is 0 Å². The molecule has 1 aromatic carbocycles. The molecule has 4 heterocycles. The SMILES string of the molecule is CNC(=O)c1cc2nc(-n3ccc(-c4cccc(C)c4)n3)nc(N3CCOCC3)c2o1. The molecule has 1 amide bonds. The van der Waals surface area contributed by atoms with E-state index in [0.717, 1.165) is 11.3 Å². The van der Waals surface area contributed by atoms with E-state index >= 15 is 0 Å². The molecule has 0 radical (unpaired) electrons. The number of morpholine rings is 1. The molecule has 0 atom stereocenters. The summed E-state index contributed by atoms with van der Waals surface area (Å²) in [6.45, 7) is 4.60. The van der Waals surface area contributed by atoms with Crippen LogP contribution >= 0.6 is 0 Å². The van der Waals surface area contributed by atoms with Crippen molar-refractivity contribution in [2.24, 2.45) is 0 Å². The van der Waals surface area contributed by atoms with E-state index in [0.29, 0.717) is 49.2 Å². The Hall–Kier alpha value is -3.72. The zero-order valence-electron chi connectivity index (χ0n) is 17.3. The first-order chi connectivity index (χ1) is 15.1. The topological polar surface area (TPSA) is 98.3 Å². The highest BCUT2D eigenvalue weighted by atomic mass is 16.5. The second-order valence-electron chi connectivity index (χ2n) is 7.37. The molecule has 1 N–H and O–H groups in total. The second kappa shape index (κ2) is 7.84. The number of hydrogen-bond acceptors (Lipinski definition) is 7. The number of nitrogens with one attached hydrogen (secondary N) is 1. The van der Waals surface area contributed by atoms with E-state index in [-0.39, 0.29) is 11.7 Å². The summed E-state index contributed by atoms with van der Waals surface area (Å²) in [5.41, 5.74) is 4.06. The summed E-state index contributed by atoms with van der Waals surface area (Å²) >= 11 is 0. The van der Waals surface area contributed by atoms with Crippen LogP contribution in [0.2, 0.25) is 0 Å². The van der Waals surface area contributed by atoms with Crippen molar-refractivity contribution in [1.82, 2.24) is 25.1 Å². The highest BCUT2D eigenvalue weighted by Crippen LogP contribution is 2.29. The number of hydrogen-bond donors (Lipinski definition) is 1. The maximum Gasteiger partial charge on any atom is 0.286 e. The van der Waals surface area contributed by atoms with Gasteiger partial charge in [-0.3, -0.25) is 4.79 Å². The van der Waals surface area contributed by atoms with Gasteiger partial charge in [-0.1, -0.05) is 23.8 Å². The third-order valence-corrected chi connectivity index (χ3v) is 5.21. The summed E-state index contributed by atoms with van der Waals surface area (Å²) in [6.07, 6.45) is 1.83. The van der Waals surface area contributed by atoms with Crippen molar-refractivity contribution in [3.05, 3.63) is 53.9 Å². The summed E-state index contributed by atoms with van der Waals surface area (Å²) in [6, 6.07) is 11.7. The van der Waals surface area contributed by atoms with Crippen LogP contribution in [0.1, 0.15) is 16.1 Å². The summed E-state index contributed by atoms with van der Waals surface area (Å²) in [7, 11) is 1.56. The molecule has 9 nitrogen and oxygen atoms in total. The number of ether oxygens (including phenoxy) is 1. The maximum absolute atomic E-state index is 12.1.